The number of anilines is 1. The van der Waals surface area contributed by atoms with Gasteiger partial charge in [-0.2, -0.15) is 0 Å². The molecule has 15 heavy (non-hydrogen) atoms. The molecule has 2 nitrogen and oxygen atoms in total. The van der Waals surface area contributed by atoms with Gasteiger partial charge in [0.2, 0.25) is 0 Å². The molecule has 0 radical (unpaired) electrons. The lowest BCUT2D eigenvalue weighted by Gasteiger charge is -2.30. The minimum absolute atomic E-state index is 0.697. The maximum Gasteiger partial charge on any atom is 0.128 e. The maximum absolute atomic E-state index is 4.47. The van der Waals surface area contributed by atoms with Crippen LogP contribution in [0.1, 0.15) is 39.0 Å². The smallest absolute Gasteiger partial charge is 0.128 e. The Morgan fingerprint density at radius 2 is 2.27 bits per heavy atom. The molecule has 0 amide bonds. The van der Waals surface area contributed by atoms with Gasteiger partial charge in [-0.1, -0.05) is 25.8 Å². The fourth-order valence-corrected chi connectivity index (χ4v) is 2.43. The Hall–Kier alpha value is -1.05. The van der Waals surface area contributed by atoms with E-state index in [2.05, 4.69) is 28.9 Å². The molecular formula is C13H20N2. The minimum atomic E-state index is 0.697. The van der Waals surface area contributed by atoms with Crippen LogP contribution in [0.15, 0.2) is 24.4 Å². The van der Waals surface area contributed by atoms with E-state index >= 15 is 0 Å². The standard InChI is InChI=1S/C13H20N2/c1-2-12-8-4-3-7-11-15(12)13-9-5-6-10-14-13/h5-6,9-10,12H,2-4,7-8,11H2,1H3. The summed E-state index contributed by atoms with van der Waals surface area (Å²) in [5.41, 5.74) is 0. The summed E-state index contributed by atoms with van der Waals surface area (Å²) in [4.78, 5) is 6.96. The van der Waals surface area contributed by atoms with Gasteiger partial charge in [0.25, 0.3) is 0 Å². The summed E-state index contributed by atoms with van der Waals surface area (Å²) >= 11 is 0. The van der Waals surface area contributed by atoms with E-state index in [4.69, 9.17) is 0 Å². The van der Waals surface area contributed by atoms with E-state index in [9.17, 15) is 0 Å². The van der Waals surface area contributed by atoms with Crippen LogP contribution in [0.5, 0.6) is 0 Å². The molecular weight excluding hydrogens is 184 g/mol. The second-order valence-electron chi connectivity index (χ2n) is 4.29. The van der Waals surface area contributed by atoms with Gasteiger partial charge in [0.1, 0.15) is 5.82 Å². The molecule has 0 aliphatic carbocycles. The SMILES string of the molecule is CCC1CCCCCN1c1ccccn1. The zero-order valence-electron chi connectivity index (χ0n) is 9.52. The number of nitrogens with zero attached hydrogens (tertiary/aromatic N) is 2. The van der Waals surface area contributed by atoms with Gasteiger partial charge in [-0.15, -0.1) is 0 Å². The van der Waals surface area contributed by atoms with Crippen LogP contribution in [-0.4, -0.2) is 17.6 Å². The average molecular weight is 204 g/mol. The van der Waals surface area contributed by atoms with E-state index < -0.39 is 0 Å². The Kier molecular flexibility index (Phi) is 3.59. The summed E-state index contributed by atoms with van der Waals surface area (Å²) in [5, 5.41) is 0. The summed E-state index contributed by atoms with van der Waals surface area (Å²) in [7, 11) is 0. The number of rotatable bonds is 2. The molecule has 1 saturated heterocycles. The first kappa shape index (κ1) is 10.5. The Morgan fingerprint density at radius 1 is 1.33 bits per heavy atom. The van der Waals surface area contributed by atoms with E-state index in [0.29, 0.717) is 6.04 Å². The lowest BCUT2D eigenvalue weighted by Crippen LogP contribution is -2.34. The van der Waals surface area contributed by atoms with Crippen molar-refractivity contribution in [2.45, 2.75) is 45.1 Å². The molecule has 0 aromatic carbocycles. The molecule has 2 rings (SSSR count). The average Bonchev–Trinajstić information content (AvgIpc) is 2.55. The highest BCUT2D eigenvalue weighted by atomic mass is 15.2. The highest BCUT2D eigenvalue weighted by Gasteiger charge is 2.19. The quantitative estimate of drug-likeness (QED) is 0.735. The molecule has 0 bridgehead atoms. The van der Waals surface area contributed by atoms with Gasteiger partial charge in [-0.05, 0) is 31.4 Å². The summed E-state index contributed by atoms with van der Waals surface area (Å²) in [6.45, 7) is 3.46. The van der Waals surface area contributed by atoms with Crippen LogP contribution in [0, 0.1) is 0 Å². The molecule has 1 unspecified atom stereocenters. The van der Waals surface area contributed by atoms with Crippen LogP contribution in [-0.2, 0) is 0 Å². The molecule has 1 aliphatic rings. The Balaban J connectivity index is 2.16. The second-order valence-corrected chi connectivity index (χ2v) is 4.29. The van der Waals surface area contributed by atoms with Crippen LogP contribution >= 0.6 is 0 Å². The fourth-order valence-electron chi connectivity index (χ4n) is 2.43. The number of hydrogen-bond donors (Lipinski definition) is 0. The summed E-state index contributed by atoms with van der Waals surface area (Å²) in [6, 6.07) is 6.90. The van der Waals surface area contributed by atoms with Crippen molar-refractivity contribution in [2.75, 3.05) is 11.4 Å². The largest absolute Gasteiger partial charge is 0.354 e. The van der Waals surface area contributed by atoms with Crippen LogP contribution in [0.2, 0.25) is 0 Å². The zero-order chi connectivity index (χ0) is 10.5. The van der Waals surface area contributed by atoms with Gasteiger partial charge in [0.05, 0.1) is 0 Å². The first-order valence-electron chi connectivity index (χ1n) is 6.09. The molecule has 1 aromatic rings. The molecule has 0 N–H and O–H groups in total. The Bertz CT molecular complexity index is 284. The fraction of sp³-hybridized carbons (Fsp3) is 0.615. The maximum atomic E-state index is 4.47. The van der Waals surface area contributed by atoms with Crippen molar-refractivity contribution >= 4 is 5.82 Å². The first-order chi connectivity index (χ1) is 7.42. The van der Waals surface area contributed by atoms with Crippen molar-refractivity contribution in [1.82, 2.24) is 4.98 Å². The molecule has 1 atom stereocenters. The predicted molar refractivity (Wildman–Crippen MR) is 64.1 cm³/mol. The zero-order valence-corrected chi connectivity index (χ0v) is 9.52. The third-order valence-corrected chi connectivity index (χ3v) is 3.29. The van der Waals surface area contributed by atoms with Gasteiger partial charge in [0, 0.05) is 18.8 Å². The highest BCUT2D eigenvalue weighted by Crippen LogP contribution is 2.23. The van der Waals surface area contributed by atoms with Crippen LogP contribution in [0.4, 0.5) is 5.82 Å². The molecule has 0 saturated carbocycles. The lowest BCUT2D eigenvalue weighted by molar-refractivity contribution is 0.552. The van der Waals surface area contributed by atoms with Crippen molar-refractivity contribution in [2.24, 2.45) is 0 Å². The Morgan fingerprint density at radius 3 is 3.00 bits per heavy atom. The van der Waals surface area contributed by atoms with Gasteiger partial charge < -0.3 is 4.90 Å². The van der Waals surface area contributed by atoms with Crippen molar-refractivity contribution in [3.05, 3.63) is 24.4 Å². The van der Waals surface area contributed by atoms with Gasteiger partial charge in [0.15, 0.2) is 0 Å². The van der Waals surface area contributed by atoms with Crippen LogP contribution < -0.4 is 4.90 Å². The van der Waals surface area contributed by atoms with Gasteiger partial charge in [-0.3, -0.25) is 0 Å². The highest BCUT2D eigenvalue weighted by molar-refractivity contribution is 5.39. The summed E-state index contributed by atoms with van der Waals surface area (Å²) in [5.74, 6) is 1.16. The van der Waals surface area contributed by atoms with E-state index in [-0.39, 0.29) is 0 Å². The lowest BCUT2D eigenvalue weighted by atomic mass is 10.1. The normalized spacial score (nSPS) is 22.5. The van der Waals surface area contributed by atoms with Crippen LogP contribution in [0.3, 0.4) is 0 Å². The van der Waals surface area contributed by atoms with Crippen LogP contribution in [0.25, 0.3) is 0 Å². The summed E-state index contributed by atoms with van der Waals surface area (Å²) < 4.78 is 0. The molecule has 1 aliphatic heterocycles. The third-order valence-electron chi connectivity index (χ3n) is 3.29. The third kappa shape index (κ3) is 2.49. The van der Waals surface area contributed by atoms with E-state index in [1.807, 2.05) is 12.3 Å². The van der Waals surface area contributed by atoms with Crippen molar-refractivity contribution in [1.29, 1.82) is 0 Å². The van der Waals surface area contributed by atoms with E-state index in [1.54, 1.807) is 0 Å². The van der Waals surface area contributed by atoms with E-state index in [1.165, 1.54) is 38.6 Å². The Labute approximate surface area is 92.3 Å². The minimum Gasteiger partial charge on any atom is -0.354 e. The predicted octanol–water partition coefficient (Wildman–Crippen LogP) is 3.24. The molecule has 2 heterocycles. The molecule has 1 aromatic heterocycles. The molecule has 2 heteroatoms. The molecule has 82 valence electrons. The molecule has 0 spiro atoms. The van der Waals surface area contributed by atoms with Gasteiger partial charge >= 0.3 is 0 Å². The number of aromatic nitrogens is 1. The van der Waals surface area contributed by atoms with Gasteiger partial charge in [-0.25, -0.2) is 4.98 Å². The second kappa shape index (κ2) is 5.15. The first-order valence-corrected chi connectivity index (χ1v) is 6.09. The molecule has 1 fully saturated rings. The summed E-state index contributed by atoms with van der Waals surface area (Å²) in [6.07, 6.45) is 8.52. The monoisotopic (exact) mass is 204 g/mol. The van der Waals surface area contributed by atoms with Crippen molar-refractivity contribution < 1.29 is 0 Å². The van der Waals surface area contributed by atoms with Crippen molar-refractivity contribution in [3.8, 4) is 0 Å². The number of pyridine rings is 1. The topological polar surface area (TPSA) is 16.1 Å². The van der Waals surface area contributed by atoms with Crippen molar-refractivity contribution in [3.63, 3.8) is 0 Å². The van der Waals surface area contributed by atoms with E-state index in [0.717, 1.165) is 5.82 Å². The number of hydrogen-bond acceptors (Lipinski definition) is 2.